The van der Waals surface area contributed by atoms with Gasteiger partial charge in [-0.2, -0.15) is 0 Å². The zero-order valence-electron chi connectivity index (χ0n) is 27.9. The van der Waals surface area contributed by atoms with Crippen LogP contribution >= 0.6 is 11.8 Å². The molecule has 4 heterocycles. The van der Waals surface area contributed by atoms with Gasteiger partial charge in [0.1, 0.15) is 11.2 Å². The highest BCUT2D eigenvalue weighted by atomic mass is 32.2. The van der Waals surface area contributed by atoms with E-state index in [9.17, 15) is 0 Å². The highest BCUT2D eigenvalue weighted by molar-refractivity contribution is 8.00. The van der Waals surface area contributed by atoms with Gasteiger partial charge in [0.2, 0.25) is 0 Å². The van der Waals surface area contributed by atoms with Crippen molar-refractivity contribution in [3.05, 3.63) is 170 Å². The summed E-state index contributed by atoms with van der Waals surface area (Å²) >= 11 is 1.87. The first kappa shape index (κ1) is 29.4. The third kappa shape index (κ3) is 4.59. The van der Waals surface area contributed by atoms with Crippen LogP contribution in [0, 0.1) is 0 Å². The van der Waals surface area contributed by atoms with Gasteiger partial charge in [-0.05, 0) is 28.6 Å². The Labute approximate surface area is 304 Å². The van der Waals surface area contributed by atoms with Crippen LogP contribution in [-0.4, -0.2) is 20.2 Å². The Morgan fingerprint density at radius 3 is 1.98 bits per heavy atom. The van der Waals surface area contributed by atoms with E-state index in [0.29, 0.717) is 5.25 Å². The van der Waals surface area contributed by atoms with E-state index >= 15 is 0 Å². The van der Waals surface area contributed by atoms with Crippen LogP contribution in [0.1, 0.15) is 11.6 Å². The first-order valence-electron chi connectivity index (χ1n) is 17.6. The fraction of sp³-hybridized carbons (Fsp3) is 0.0426. The van der Waals surface area contributed by atoms with E-state index in [-0.39, 0.29) is 5.92 Å². The number of aromatic nitrogens is 3. The van der Waals surface area contributed by atoms with Gasteiger partial charge in [-0.3, -0.25) is 0 Å². The predicted molar refractivity (Wildman–Crippen MR) is 215 cm³/mol. The summed E-state index contributed by atoms with van der Waals surface area (Å²) in [4.78, 5) is 16.9. The lowest BCUT2D eigenvalue weighted by molar-refractivity contribution is 0.672. The van der Waals surface area contributed by atoms with Gasteiger partial charge in [0.05, 0.1) is 32.9 Å². The fourth-order valence-electron chi connectivity index (χ4n) is 7.85. The van der Waals surface area contributed by atoms with Gasteiger partial charge < -0.3 is 4.42 Å². The van der Waals surface area contributed by atoms with Gasteiger partial charge in [0, 0.05) is 44.0 Å². The maximum absolute atomic E-state index is 6.55. The molecule has 0 spiro atoms. The number of fused-ring (bicyclic) bond motifs is 10. The van der Waals surface area contributed by atoms with Crippen LogP contribution < -0.4 is 0 Å². The number of rotatable bonds is 4. The zero-order chi connectivity index (χ0) is 34.2. The van der Waals surface area contributed by atoms with Crippen LogP contribution in [0.3, 0.4) is 0 Å². The molecule has 9 aromatic rings. The van der Waals surface area contributed by atoms with E-state index in [4.69, 9.17) is 19.4 Å². The maximum Gasteiger partial charge on any atom is 0.160 e. The van der Waals surface area contributed by atoms with Crippen LogP contribution in [-0.2, 0) is 0 Å². The predicted octanol–water partition coefficient (Wildman–Crippen LogP) is 12.4. The van der Waals surface area contributed by atoms with E-state index in [1.54, 1.807) is 0 Å². The van der Waals surface area contributed by atoms with Crippen molar-refractivity contribution in [3.63, 3.8) is 0 Å². The quantitative estimate of drug-likeness (QED) is 0.173. The summed E-state index contributed by atoms with van der Waals surface area (Å²) in [5.74, 6) is 1.03. The van der Waals surface area contributed by atoms with Crippen molar-refractivity contribution in [2.45, 2.75) is 16.1 Å². The highest BCUT2D eigenvalue weighted by Gasteiger charge is 2.36. The van der Waals surface area contributed by atoms with Crippen LogP contribution in [0.4, 0.5) is 0 Å². The molecule has 52 heavy (non-hydrogen) atoms. The molecule has 0 bridgehead atoms. The largest absolute Gasteiger partial charge is 0.455 e. The molecule has 4 nitrogen and oxygen atoms in total. The van der Waals surface area contributed by atoms with Crippen molar-refractivity contribution >= 4 is 55.4 Å². The molecule has 0 fully saturated rings. The van der Waals surface area contributed by atoms with Crippen LogP contribution in [0.5, 0.6) is 0 Å². The molecule has 5 heteroatoms. The summed E-state index contributed by atoms with van der Waals surface area (Å²) in [7, 11) is 0. The van der Waals surface area contributed by atoms with Gasteiger partial charge in [-0.1, -0.05) is 152 Å². The highest BCUT2D eigenvalue weighted by Crippen LogP contribution is 2.51. The van der Waals surface area contributed by atoms with Crippen molar-refractivity contribution in [2.24, 2.45) is 0 Å². The number of allylic oxidation sites excluding steroid dienone is 3. The van der Waals surface area contributed by atoms with Gasteiger partial charge in [0.25, 0.3) is 0 Å². The van der Waals surface area contributed by atoms with E-state index < -0.39 is 0 Å². The Bertz CT molecular complexity index is 2930. The molecule has 2 aliphatic rings. The molecular weight excluding hydrogens is 655 g/mol. The number of benzene rings is 6. The van der Waals surface area contributed by atoms with Crippen molar-refractivity contribution in [3.8, 4) is 45.0 Å². The van der Waals surface area contributed by atoms with Gasteiger partial charge in [-0.15, -0.1) is 11.8 Å². The Balaban J connectivity index is 0.997. The Hall–Kier alpha value is -6.30. The topological polar surface area (TPSA) is 51.8 Å². The summed E-state index contributed by atoms with van der Waals surface area (Å²) in [5, 5.41) is 5.78. The third-order valence-corrected chi connectivity index (χ3v) is 11.8. The summed E-state index contributed by atoms with van der Waals surface area (Å²) in [5.41, 5.74) is 11.2. The molecule has 0 saturated heterocycles. The average Bonchev–Trinajstić information content (AvgIpc) is 3.80. The molecule has 2 unspecified atom stereocenters. The molecule has 3 aromatic heterocycles. The van der Waals surface area contributed by atoms with Crippen molar-refractivity contribution < 1.29 is 4.42 Å². The summed E-state index contributed by atoms with van der Waals surface area (Å²) in [6.07, 6.45) is 8.84. The smallest absolute Gasteiger partial charge is 0.160 e. The lowest BCUT2D eigenvalue weighted by atomic mass is 9.95. The van der Waals surface area contributed by atoms with E-state index in [1.807, 2.05) is 42.1 Å². The first-order valence-corrected chi connectivity index (χ1v) is 18.5. The standard InChI is InChI=1S/C47H29N3OS/c1-2-11-33(12-3-1)47-49-42(46-44(50-47)36-15-7-9-17-39(36)52-46)32-24-20-29(21-25-32)28-18-22-31(23-19-28)41-40-35-14-6-8-16-38(35)51-45(40)37-27-26-30-10-4-5-13-34(30)43(37)48-41/h1-27,36,39H. The minimum atomic E-state index is 0.254. The summed E-state index contributed by atoms with van der Waals surface area (Å²) < 4.78 is 6.55. The molecule has 1 aliphatic carbocycles. The maximum atomic E-state index is 6.55. The van der Waals surface area contributed by atoms with Crippen molar-refractivity contribution in [1.82, 2.24) is 15.0 Å². The number of hydrogen-bond donors (Lipinski definition) is 0. The van der Waals surface area contributed by atoms with Crippen molar-refractivity contribution in [2.75, 3.05) is 0 Å². The lowest BCUT2D eigenvalue weighted by Crippen LogP contribution is -2.09. The molecule has 244 valence electrons. The zero-order valence-corrected chi connectivity index (χ0v) is 28.7. The molecule has 0 radical (unpaired) electrons. The van der Waals surface area contributed by atoms with E-state index in [2.05, 4.69) is 133 Å². The lowest BCUT2D eigenvalue weighted by Gasteiger charge is -2.14. The molecule has 11 rings (SSSR count). The minimum absolute atomic E-state index is 0.254. The fourth-order valence-corrected chi connectivity index (χ4v) is 9.24. The Kier molecular flexibility index (Phi) is 6.58. The molecule has 1 aliphatic heterocycles. The second kappa shape index (κ2) is 11.6. The third-order valence-electron chi connectivity index (χ3n) is 10.4. The summed E-state index contributed by atoms with van der Waals surface area (Å²) in [6, 6.07) is 48.9. The number of furan rings is 1. The number of pyridine rings is 1. The molecule has 0 amide bonds. The number of para-hydroxylation sites is 1. The van der Waals surface area contributed by atoms with E-state index in [0.717, 1.165) is 94.3 Å². The van der Waals surface area contributed by atoms with E-state index in [1.165, 1.54) is 4.90 Å². The van der Waals surface area contributed by atoms with Crippen molar-refractivity contribution in [1.29, 1.82) is 0 Å². The number of thioether (sulfide) groups is 1. The van der Waals surface area contributed by atoms with Crippen LogP contribution in [0.15, 0.2) is 173 Å². The van der Waals surface area contributed by atoms with Gasteiger partial charge >= 0.3 is 0 Å². The second-order valence-corrected chi connectivity index (χ2v) is 14.6. The monoisotopic (exact) mass is 683 g/mol. The molecule has 0 saturated carbocycles. The van der Waals surface area contributed by atoms with Gasteiger partial charge in [-0.25, -0.2) is 15.0 Å². The first-order chi connectivity index (χ1) is 25.8. The molecule has 0 N–H and O–H groups in total. The molecule has 6 aromatic carbocycles. The SMILES string of the molecule is C1=CC2Sc3c(-c4ccc(-c5ccc(-c6nc7c8ccccc8ccc7c7oc8ccccc8c67)cc5)cc4)nc(-c4ccccc4)nc3C2C=C1. The number of hydrogen-bond acceptors (Lipinski definition) is 5. The summed E-state index contributed by atoms with van der Waals surface area (Å²) in [6.45, 7) is 0. The Morgan fingerprint density at radius 2 is 1.17 bits per heavy atom. The average molecular weight is 684 g/mol. The minimum Gasteiger partial charge on any atom is -0.455 e. The molecule has 2 atom stereocenters. The molecular formula is C47H29N3OS. The Morgan fingerprint density at radius 1 is 0.500 bits per heavy atom. The normalized spacial score (nSPS) is 16.2. The number of nitrogens with zero attached hydrogens (tertiary/aromatic N) is 3. The van der Waals surface area contributed by atoms with Crippen LogP contribution in [0.25, 0.3) is 88.6 Å². The second-order valence-electron chi connectivity index (χ2n) is 13.5. The van der Waals surface area contributed by atoms with Crippen LogP contribution in [0.2, 0.25) is 0 Å². The van der Waals surface area contributed by atoms with Gasteiger partial charge in [0.15, 0.2) is 5.82 Å².